The van der Waals surface area contributed by atoms with E-state index in [1.807, 2.05) is 96.1 Å². The Hall–Kier alpha value is -4.23. The summed E-state index contributed by atoms with van der Waals surface area (Å²) in [6.45, 7) is 4.25. The van der Waals surface area contributed by atoms with Gasteiger partial charge >= 0.3 is 0 Å². The molecule has 0 unspecified atom stereocenters. The predicted octanol–water partition coefficient (Wildman–Crippen LogP) is 5.25. The highest BCUT2D eigenvalue weighted by Crippen LogP contribution is 2.24. The maximum absolute atomic E-state index is 13.0. The van der Waals surface area contributed by atoms with Crippen molar-refractivity contribution in [3.05, 3.63) is 113 Å². The topological polar surface area (TPSA) is 77.6 Å². The summed E-state index contributed by atoms with van der Waals surface area (Å²) in [5, 5.41) is 13.2. The molecule has 0 saturated heterocycles. The van der Waals surface area contributed by atoms with Gasteiger partial charge in [0.05, 0.1) is 29.2 Å². The second kappa shape index (κ2) is 10.2. The molecule has 0 spiro atoms. The molecular weight excluding hydrogens is 472 g/mol. The zero-order chi connectivity index (χ0) is 25.1. The Morgan fingerprint density at radius 1 is 0.917 bits per heavy atom. The van der Waals surface area contributed by atoms with E-state index in [0.717, 1.165) is 45.1 Å². The minimum atomic E-state index is -0.0787. The first-order chi connectivity index (χ1) is 17.5. The maximum atomic E-state index is 13.0. The van der Waals surface area contributed by atoms with Gasteiger partial charge in [0, 0.05) is 52.5 Å². The molecule has 5 rings (SSSR count). The summed E-state index contributed by atoms with van der Waals surface area (Å²) in [4.78, 5) is 17.1. The quantitative estimate of drug-likeness (QED) is 0.334. The van der Waals surface area contributed by atoms with E-state index in [4.69, 9.17) is 16.7 Å². The summed E-state index contributed by atoms with van der Waals surface area (Å²) in [5.74, 6) is -0.0787. The van der Waals surface area contributed by atoms with Gasteiger partial charge in [-0.15, -0.1) is 0 Å². The van der Waals surface area contributed by atoms with Crippen LogP contribution in [0.25, 0.3) is 22.6 Å². The van der Waals surface area contributed by atoms with Crippen molar-refractivity contribution < 1.29 is 4.79 Å². The molecule has 0 atom stereocenters. The third kappa shape index (κ3) is 4.92. The number of aryl methyl sites for hydroxylation is 1. The van der Waals surface area contributed by atoms with Gasteiger partial charge in [0.25, 0.3) is 0 Å². The molecule has 0 saturated carbocycles. The van der Waals surface area contributed by atoms with Gasteiger partial charge in [-0.05, 0) is 62.4 Å². The molecule has 8 heteroatoms. The van der Waals surface area contributed by atoms with Crippen LogP contribution in [0.4, 0.5) is 0 Å². The molecule has 0 fully saturated rings. The largest absolute Gasteiger partial charge is 0.352 e. The normalized spacial score (nSPS) is 11.0. The van der Waals surface area contributed by atoms with E-state index < -0.39 is 0 Å². The molecule has 0 aliphatic heterocycles. The lowest BCUT2D eigenvalue weighted by Crippen LogP contribution is -2.25. The van der Waals surface area contributed by atoms with E-state index in [-0.39, 0.29) is 12.3 Å². The first-order valence-corrected chi connectivity index (χ1v) is 12.0. The monoisotopic (exact) mass is 496 g/mol. The van der Waals surface area contributed by atoms with Crippen LogP contribution in [-0.4, -0.2) is 30.5 Å². The lowest BCUT2D eigenvalue weighted by molar-refractivity contribution is -0.120. The number of aromatic nitrogens is 5. The molecule has 1 amide bonds. The van der Waals surface area contributed by atoms with Crippen molar-refractivity contribution in [2.75, 3.05) is 0 Å². The molecular formula is C28H25ClN6O. The molecule has 7 nitrogen and oxygen atoms in total. The van der Waals surface area contributed by atoms with Crippen molar-refractivity contribution >= 4 is 17.5 Å². The fourth-order valence-corrected chi connectivity index (χ4v) is 4.31. The van der Waals surface area contributed by atoms with Gasteiger partial charge in [-0.3, -0.25) is 9.78 Å². The molecule has 0 aliphatic carbocycles. The number of nitrogens with one attached hydrogen (secondary N) is 1. The summed E-state index contributed by atoms with van der Waals surface area (Å²) < 4.78 is 3.68. The lowest BCUT2D eigenvalue weighted by Gasteiger charge is -2.07. The number of pyridine rings is 1. The number of carbonyl (C=O) groups is 1. The highest BCUT2D eigenvalue weighted by Gasteiger charge is 2.18. The number of nitrogens with zero attached hydrogens (tertiary/aromatic N) is 5. The SMILES string of the molecule is Cc1nn(-c2ccc(Cl)cc2)c(C)c1CC(=O)NCc1cn(-c2ccccc2)nc1-c1ccncc1. The maximum Gasteiger partial charge on any atom is 0.224 e. The minimum absolute atomic E-state index is 0.0787. The number of para-hydroxylation sites is 1. The predicted molar refractivity (Wildman–Crippen MR) is 140 cm³/mol. The lowest BCUT2D eigenvalue weighted by atomic mass is 10.1. The molecule has 0 radical (unpaired) electrons. The average molecular weight is 497 g/mol. The second-order valence-electron chi connectivity index (χ2n) is 8.51. The fraction of sp³-hybridized carbons (Fsp3) is 0.143. The summed E-state index contributed by atoms with van der Waals surface area (Å²) in [7, 11) is 0. The Balaban J connectivity index is 1.35. The molecule has 0 aliphatic rings. The van der Waals surface area contributed by atoms with Gasteiger partial charge in [-0.25, -0.2) is 9.36 Å². The summed E-state index contributed by atoms with van der Waals surface area (Å²) in [5.41, 5.74) is 7.20. The number of carbonyl (C=O) groups excluding carboxylic acids is 1. The van der Waals surface area contributed by atoms with Crippen LogP contribution in [0.1, 0.15) is 22.5 Å². The van der Waals surface area contributed by atoms with Crippen molar-refractivity contribution in [2.24, 2.45) is 0 Å². The molecule has 36 heavy (non-hydrogen) atoms. The van der Waals surface area contributed by atoms with E-state index in [2.05, 4.69) is 15.4 Å². The van der Waals surface area contributed by atoms with Crippen molar-refractivity contribution in [1.29, 1.82) is 0 Å². The van der Waals surface area contributed by atoms with Gasteiger partial charge in [-0.2, -0.15) is 10.2 Å². The second-order valence-corrected chi connectivity index (χ2v) is 8.95. The number of halogens is 1. The van der Waals surface area contributed by atoms with Crippen LogP contribution in [-0.2, 0) is 17.8 Å². The van der Waals surface area contributed by atoms with Crippen molar-refractivity contribution in [3.8, 4) is 22.6 Å². The van der Waals surface area contributed by atoms with E-state index in [1.165, 1.54) is 0 Å². The van der Waals surface area contributed by atoms with Gasteiger partial charge in [0.15, 0.2) is 0 Å². The Kier molecular flexibility index (Phi) is 6.64. The Bertz CT molecular complexity index is 1490. The van der Waals surface area contributed by atoms with Crippen LogP contribution in [0.3, 0.4) is 0 Å². The van der Waals surface area contributed by atoms with Crippen LogP contribution in [0.2, 0.25) is 5.02 Å². The highest BCUT2D eigenvalue weighted by molar-refractivity contribution is 6.30. The zero-order valence-electron chi connectivity index (χ0n) is 20.0. The summed E-state index contributed by atoms with van der Waals surface area (Å²) >= 11 is 6.02. The minimum Gasteiger partial charge on any atom is -0.352 e. The molecule has 3 heterocycles. The van der Waals surface area contributed by atoms with Crippen molar-refractivity contribution in [3.63, 3.8) is 0 Å². The third-order valence-corrected chi connectivity index (χ3v) is 6.34. The standard InChI is InChI=1S/C28H25ClN6O/c1-19-26(20(2)35(32-19)25-10-8-23(29)9-11-25)16-27(36)31-17-22-18-34(24-6-4-3-5-7-24)33-28(22)21-12-14-30-15-13-21/h3-15,18H,16-17H2,1-2H3,(H,31,36). The molecule has 5 aromatic rings. The van der Waals surface area contributed by atoms with Gasteiger partial charge in [-0.1, -0.05) is 29.8 Å². The highest BCUT2D eigenvalue weighted by atomic mass is 35.5. The van der Waals surface area contributed by atoms with Gasteiger partial charge < -0.3 is 5.32 Å². The number of amides is 1. The third-order valence-electron chi connectivity index (χ3n) is 6.09. The smallest absolute Gasteiger partial charge is 0.224 e. The Labute approximate surface area is 214 Å². The Morgan fingerprint density at radius 2 is 1.64 bits per heavy atom. The summed E-state index contributed by atoms with van der Waals surface area (Å²) in [6.07, 6.45) is 5.68. The van der Waals surface area contributed by atoms with Gasteiger partial charge in [0.1, 0.15) is 0 Å². The van der Waals surface area contributed by atoms with Gasteiger partial charge in [0.2, 0.25) is 5.91 Å². The molecule has 2 aromatic carbocycles. The van der Waals surface area contributed by atoms with Crippen LogP contribution in [0.15, 0.2) is 85.3 Å². The number of hydrogen-bond acceptors (Lipinski definition) is 4. The van der Waals surface area contributed by atoms with Crippen molar-refractivity contribution in [2.45, 2.75) is 26.8 Å². The van der Waals surface area contributed by atoms with Crippen LogP contribution < -0.4 is 5.32 Å². The van der Waals surface area contributed by atoms with Crippen LogP contribution >= 0.6 is 11.6 Å². The average Bonchev–Trinajstić information content (AvgIpc) is 3.46. The van der Waals surface area contributed by atoms with E-state index >= 15 is 0 Å². The molecule has 0 bridgehead atoms. The molecule has 180 valence electrons. The number of hydrogen-bond donors (Lipinski definition) is 1. The first-order valence-electron chi connectivity index (χ1n) is 11.6. The number of rotatable bonds is 7. The summed E-state index contributed by atoms with van der Waals surface area (Å²) in [6, 6.07) is 21.2. The van der Waals surface area contributed by atoms with E-state index in [1.54, 1.807) is 12.4 Å². The fourth-order valence-electron chi connectivity index (χ4n) is 4.19. The van der Waals surface area contributed by atoms with E-state index in [0.29, 0.717) is 11.6 Å². The first kappa shape index (κ1) is 23.5. The molecule has 3 aromatic heterocycles. The Morgan fingerprint density at radius 3 is 2.36 bits per heavy atom. The molecule has 1 N–H and O–H groups in total. The van der Waals surface area contributed by atoms with Crippen LogP contribution in [0, 0.1) is 13.8 Å². The van der Waals surface area contributed by atoms with Crippen LogP contribution in [0.5, 0.6) is 0 Å². The number of benzene rings is 2. The van der Waals surface area contributed by atoms with E-state index in [9.17, 15) is 4.79 Å². The van der Waals surface area contributed by atoms with Crippen molar-refractivity contribution in [1.82, 2.24) is 29.9 Å². The zero-order valence-corrected chi connectivity index (χ0v) is 20.8.